The van der Waals surface area contributed by atoms with Gasteiger partial charge in [0.2, 0.25) is 0 Å². The zero-order valence-electron chi connectivity index (χ0n) is 19.5. The second-order valence-corrected chi connectivity index (χ2v) is 22.3. The molecule has 0 amide bonds. The van der Waals surface area contributed by atoms with Crippen molar-refractivity contribution in [1.29, 1.82) is 94.7 Å². The first-order valence-electron chi connectivity index (χ1n) is 7.21. The van der Waals surface area contributed by atoms with Crippen molar-refractivity contribution in [3.63, 3.8) is 0 Å². The molecule has 0 atom stereocenters. The molecule has 0 spiro atoms. The summed E-state index contributed by atoms with van der Waals surface area (Å²) in [5, 5.41) is 154. The van der Waals surface area contributed by atoms with Crippen LogP contribution in [0.2, 0.25) is 0 Å². The molecule has 0 aromatic heterocycles. The first-order chi connectivity index (χ1) is 17.9. The molecule has 0 aliphatic heterocycles. The predicted octanol–water partition coefficient (Wildman–Crippen LogP) is 0.295. The number of nitriles is 18. The van der Waals surface area contributed by atoms with E-state index in [2.05, 4.69) is 0 Å². The quantitative estimate of drug-likeness (QED) is 0.294. The first kappa shape index (κ1) is 56.5. The van der Waals surface area contributed by atoms with Crippen LogP contribution in [-0.2, 0) is 32.2 Å². The molecule has 0 saturated heterocycles. The van der Waals surface area contributed by atoms with Crippen molar-refractivity contribution in [2.45, 2.75) is 0 Å². The van der Waals surface area contributed by atoms with Crippen LogP contribution < -0.4 is 0 Å². The molecule has 0 heterocycles. The van der Waals surface area contributed by atoms with Crippen LogP contribution in [0.15, 0.2) is 0 Å². The van der Waals surface area contributed by atoms with Crippen LogP contribution >= 0.6 is 0 Å². The van der Waals surface area contributed by atoms with Gasteiger partial charge >= 0.3 is 376 Å². The number of rotatable bonds is 0. The van der Waals surface area contributed by atoms with Gasteiger partial charge in [0, 0.05) is 0 Å². The van der Waals surface area contributed by atoms with Crippen LogP contribution in [-0.4, -0.2) is 0 Å². The Bertz CT molecular complexity index is 1420. The van der Waals surface area contributed by atoms with Gasteiger partial charge in [-0.3, -0.25) is 0 Å². The molecule has 0 aromatic rings. The molecular formula is C18Fe3Gd4N18. The number of hydrogen-bond donors (Lipinski definition) is 0. The molecule has 0 aliphatic carbocycles. The standard InChI is InChI=1S/18CN.3Fe.4Gd/c18*1-2;;;;;;;/q;;;;;;;;;;;;;;;;;;3*-4;4*+3. The Labute approximate surface area is 368 Å². The van der Waals surface area contributed by atoms with Gasteiger partial charge in [-0.05, 0) is 0 Å². The number of nitrogens with zero attached hydrogens (tertiary/aromatic N) is 18. The summed E-state index contributed by atoms with van der Waals surface area (Å²) in [6.07, 6.45) is 0. The van der Waals surface area contributed by atoms with E-state index in [0.717, 1.165) is 89.4 Å². The third-order valence-corrected chi connectivity index (χ3v) is 14.7. The molecule has 43 heavy (non-hydrogen) atoms. The van der Waals surface area contributed by atoms with Crippen molar-refractivity contribution in [3.05, 3.63) is 0 Å². The maximum absolute atomic E-state index is 8.58. The van der Waals surface area contributed by atoms with Crippen LogP contribution in [0.25, 0.3) is 0 Å². The van der Waals surface area contributed by atoms with Gasteiger partial charge in [0.15, 0.2) is 0 Å². The molecule has 0 aliphatic rings. The summed E-state index contributed by atoms with van der Waals surface area (Å²) < 4.78 is 0. The molecule has 0 N–H and O–H groups in total. The van der Waals surface area contributed by atoms with Gasteiger partial charge in [-0.25, -0.2) is 0 Å². The summed E-state index contributed by atoms with van der Waals surface area (Å²) >= 11 is 0. The van der Waals surface area contributed by atoms with Crippen molar-refractivity contribution in [3.8, 4) is 89.4 Å². The van der Waals surface area contributed by atoms with E-state index in [1.54, 1.807) is 0 Å². The van der Waals surface area contributed by atoms with Crippen LogP contribution in [0.4, 0.5) is 0 Å². The van der Waals surface area contributed by atoms with Crippen molar-refractivity contribution in [2.24, 2.45) is 0 Å². The largest absolute Gasteiger partial charge is 3.00 e. The van der Waals surface area contributed by atoms with Gasteiger partial charge < -0.3 is 0 Å². The van der Waals surface area contributed by atoms with E-state index in [0.29, 0.717) is 0 Å². The van der Waals surface area contributed by atoms with Gasteiger partial charge in [0.1, 0.15) is 0 Å². The van der Waals surface area contributed by atoms with Gasteiger partial charge in [0.25, 0.3) is 0 Å². The summed E-state index contributed by atoms with van der Waals surface area (Å²) in [6, 6.07) is 0. The zero-order chi connectivity index (χ0) is 32.0. The van der Waals surface area contributed by atoms with Gasteiger partial charge in [-0.2, -0.15) is 0 Å². The van der Waals surface area contributed by atoms with Gasteiger partial charge in [-0.15, -0.1) is 0 Å². The summed E-state index contributed by atoms with van der Waals surface area (Å²) in [4.78, 5) is 18.6. The smallest absolute Gasteiger partial charge is 3.00 e. The Balaban J connectivity index is -0.0000000864. The minimum atomic E-state index is -6.17. The molecule has 0 bridgehead atoms. The fraction of sp³-hybridized carbons (Fsp3) is 0. The average molecular weight is 1260 g/mol. The molecule has 0 rings (SSSR count). The Morgan fingerprint density at radius 1 is 0.163 bits per heavy atom. The van der Waals surface area contributed by atoms with E-state index in [4.69, 9.17) is 94.7 Å². The van der Waals surface area contributed by atoms with E-state index < -0.39 is 32.2 Å². The molecule has 0 saturated carbocycles. The Morgan fingerprint density at radius 2 is 0.209 bits per heavy atom. The summed E-state index contributed by atoms with van der Waals surface area (Å²) in [5.41, 5.74) is 0. The molecule has 25 heteroatoms. The molecular weight excluding hydrogens is 1260 g/mol. The van der Waals surface area contributed by atoms with E-state index in [1.807, 2.05) is 0 Å². The predicted molar refractivity (Wildman–Crippen MR) is 101 cm³/mol. The Kier molecular flexibility index (Phi) is 21.2. The van der Waals surface area contributed by atoms with E-state index >= 15 is 0 Å². The van der Waals surface area contributed by atoms with E-state index in [-0.39, 0.29) is 160 Å². The topological polar surface area (TPSA) is 428 Å². The van der Waals surface area contributed by atoms with Crippen LogP contribution in [0, 0.1) is 344 Å². The molecule has 0 unspecified atom stereocenters. The molecule has 18 nitrogen and oxygen atoms in total. The zero-order valence-corrected chi connectivity index (χ0v) is 31.9. The molecule has 0 aromatic carbocycles. The summed E-state index contributed by atoms with van der Waals surface area (Å²) in [7, 11) is -18.5. The fourth-order valence-electron chi connectivity index (χ4n) is 0.795. The summed E-state index contributed by atoms with van der Waals surface area (Å²) in [5.74, 6) is 0. The summed E-state index contributed by atoms with van der Waals surface area (Å²) in [6.45, 7) is 0. The monoisotopic (exact) mass is 1270 g/mol. The fourth-order valence-corrected chi connectivity index (χ4v) is 3.28. The van der Waals surface area contributed by atoms with Crippen molar-refractivity contribution < 1.29 is 192 Å². The third kappa shape index (κ3) is 7.33. The van der Waals surface area contributed by atoms with Crippen LogP contribution in [0.3, 0.4) is 0 Å². The molecule has 218 valence electrons. The second-order valence-electron chi connectivity index (χ2n) is 5.40. The average Bonchev–Trinajstić information content (AvgIpc) is 3.06. The molecule has 0 fully saturated rings. The van der Waals surface area contributed by atoms with Crippen molar-refractivity contribution >= 4 is 0 Å². The van der Waals surface area contributed by atoms with Crippen LogP contribution in [0.1, 0.15) is 0 Å². The van der Waals surface area contributed by atoms with E-state index in [1.165, 1.54) is 0 Å². The van der Waals surface area contributed by atoms with Crippen LogP contribution in [0.5, 0.6) is 0 Å². The van der Waals surface area contributed by atoms with Gasteiger partial charge in [0.05, 0.1) is 0 Å². The Morgan fingerprint density at radius 3 is 0.209 bits per heavy atom. The minimum Gasteiger partial charge on any atom is 3.00 e. The molecule has 4 radical (unpaired) electrons. The second kappa shape index (κ2) is 16.1. The van der Waals surface area contributed by atoms with E-state index in [9.17, 15) is 0 Å². The van der Waals surface area contributed by atoms with Gasteiger partial charge in [-0.1, -0.05) is 0 Å². The first-order valence-corrected chi connectivity index (χ1v) is 17.1. The van der Waals surface area contributed by atoms with Crippen molar-refractivity contribution in [2.75, 3.05) is 0 Å². The third-order valence-electron chi connectivity index (χ3n) is 3.56. The van der Waals surface area contributed by atoms with Crippen molar-refractivity contribution in [1.82, 2.24) is 0 Å². The maximum Gasteiger partial charge on any atom is 3.00 e. The SMILES string of the molecule is N#[C][Fe-4]([C]#N)([C]#N)([C]#N)([C]#N)[C]#N.N#[C][Fe-4]([C]#N)([C]#N)([C]#N)([C]#N)[C]#N.N#[C][Fe-4]([C]#N)([C]#N)([C]#N)([C]#N)[C]#N.[Gd+3].[Gd+3].[Gd+3].[Gd+3]. The minimum absolute atomic E-state index is 0. The maximum atomic E-state index is 8.58. The normalized spacial score (nSPS) is 12.1. The Hall–Kier alpha value is -2.32. The number of hydrogen-bond acceptors (Lipinski definition) is 18.